The van der Waals surface area contributed by atoms with Gasteiger partial charge >= 0.3 is 12.1 Å². The van der Waals surface area contributed by atoms with E-state index in [1.807, 2.05) is 27.0 Å². The Hall–Kier alpha value is -3.39. The van der Waals surface area contributed by atoms with E-state index in [9.17, 15) is 9.59 Å². The van der Waals surface area contributed by atoms with Gasteiger partial charge in [-0.25, -0.2) is 9.59 Å². The zero-order valence-electron chi connectivity index (χ0n) is 24.3. The summed E-state index contributed by atoms with van der Waals surface area (Å²) in [4.78, 5) is 29.5. The van der Waals surface area contributed by atoms with Crippen LogP contribution < -0.4 is 5.32 Å². The Bertz CT molecular complexity index is 1310. The molecule has 0 saturated carbocycles. The van der Waals surface area contributed by atoms with Gasteiger partial charge in [-0.15, -0.1) is 0 Å². The maximum absolute atomic E-state index is 12.7. The Morgan fingerprint density at radius 3 is 2.64 bits per heavy atom. The fourth-order valence-electron chi connectivity index (χ4n) is 5.47. The number of benzene rings is 1. The lowest BCUT2D eigenvalue weighted by atomic mass is 10.0. The van der Waals surface area contributed by atoms with Crippen LogP contribution in [0.1, 0.15) is 55.3 Å². The number of aromatic nitrogens is 2. The number of nitrogens with one attached hydrogen (secondary N) is 1. The summed E-state index contributed by atoms with van der Waals surface area (Å²) in [5, 5.41) is 4.01. The molecule has 0 fully saturated rings. The van der Waals surface area contributed by atoms with Crippen LogP contribution in [0.3, 0.4) is 0 Å². The Balaban J connectivity index is 1.48. The molecule has 8 heteroatoms. The van der Waals surface area contributed by atoms with E-state index < -0.39 is 18.1 Å². The lowest BCUT2D eigenvalue weighted by molar-refractivity contribution is -0.940. The number of aryl methyl sites for hydroxylation is 4. The van der Waals surface area contributed by atoms with Gasteiger partial charge in [0.25, 0.3) is 0 Å². The van der Waals surface area contributed by atoms with Crippen LogP contribution in [0.25, 0.3) is 10.9 Å². The summed E-state index contributed by atoms with van der Waals surface area (Å²) >= 11 is 0. The highest BCUT2D eigenvalue weighted by molar-refractivity contribution is 5.86. The second-order valence-electron chi connectivity index (χ2n) is 11.5. The lowest BCUT2D eigenvalue weighted by Gasteiger charge is -2.37. The molecular formula is C31H43N4O4+. The summed E-state index contributed by atoms with van der Waals surface area (Å²) in [5.74, 6) is -0.191. The van der Waals surface area contributed by atoms with Crippen molar-refractivity contribution in [1.29, 1.82) is 0 Å². The van der Waals surface area contributed by atoms with Crippen LogP contribution in [0.4, 0.5) is 4.79 Å². The largest absolute Gasteiger partial charge is 0.464 e. The van der Waals surface area contributed by atoms with Gasteiger partial charge in [0.05, 0.1) is 20.2 Å². The van der Waals surface area contributed by atoms with Crippen LogP contribution in [0.15, 0.2) is 36.5 Å². The van der Waals surface area contributed by atoms with E-state index in [2.05, 4.69) is 59.2 Å². The maximum Gasteiger partial charge on any atom is 0.412 e. The van der Waals surface area contributed by atoms with Crippen LogP contribution in [0, 0.1) is 19.8 Å². The number of pyridine rings is 1. The van der Waals surface area contributed by atoms with Crippen molar-refractivity contribution in [2.75, 3.05) is 26.9 Å². The van der Waals surface area contributed by atoms with E-state index in [1.54, 1.807) is 6.92 Å². The molecule has 1 N–H and O–H groups in total. The first-order valence-electron chi connectivity index (χ1n) is 14.0. The Morgan fingerprint density at radius 2 is 1.95 bits per heavy atom. The number of hydrogen-bond donors (Lipinski definition) is 1. The normalized spacial score (nSPS) is 17.6. The van der Waals surface area contributed by atoms with Gasteiger partial charge in [0.2, 0.25) is 6.73 Å². The molecule has 1 aromatic carbocycles. The van der Waals surface area contributed by atoms with Crippen LogP contribution in [0.5, 0.6) is 0 Å². The second-order valence-corrected chi connectivity index (χ2v) is 11.5. The first-order chi connectivity index (χ1) is 18.6. The Labute approximate surface area is 231 Å². The zero-order chi connectivity index (χ0) is 28.2. The van der Waals surface area contributed by atoms with E-state index in [4.69, 9.17) is 9.47 Å². The SMILES string of the molecule is CCOC(=O)C(CC(C)C)NC(=O)OC[N+]1(C)CCc2c(c3cc(C)ccc3n2CCc2ccc(C)nc2)C1. The molecule has 0 radical (unpaired) electrons. The minimum Gasteiger partial charge on any atom is -0.464 e. The van der Waals surface area contributed by atoms with E-state index >= 15 is 0 Å². The van der Waals surface area contributed by atoms with Gasteiger partial charge in [-0.05, 0) is 63.3 Å². The van der Waals surface area contributed by atoms with Crippen molar-refractivity contribution < 1.29 is 23.5 Å². The summed E-state index contributed by atoms with van der Waals surface area (Å²) < 4.78 is 13.9. The number of nitrogens with zero attached hydrogens (tertiary/aromatic N) is 3. The average molecular weight is 536 g/mol. The summed E-state index contributed by atoms with van der Waals surface area (Å²) in [6, 6.07) is 10.2. The predicted molar refractivity (Wildman–Crippen MR) is 152 cm³/mol. The molecule has 1 aliphatic rings. The molecule has 3 heterocycles. The number of rotatable bonds is 10. The van der Waals surface area contributed by atoms with Crippen LogP contribution in [0.2, 0.25) is 0 Å². The standard InChI is InChI=1S/C31H42N4O4/c1-7-38-30(36)27(16-21(2)3)33-31(37)39-20-35(6)15-13-29-26(19-35)25-17-22(4)8-11-28(25)34(29)14-12-24-10-9-23(5)32-18-24/h8-11,17-18,21,27H,7,12-16,19-20H2,1-6H3/p+1. The van der Waals surface area contributed by atoms with Crippen molar-refractivity contribution in [1.82, 2.24) is 14.9 Å². The molecule has 0 saturated heterocycles. The first-order valence-corrected chi connectivity index (χ1v) is 14.0. The third-order valence-electron chi connectivity index (χ3n) is 7.54. The number of carbonyl (C=O) groups excluding carboxylic acids is 2. The van der Waals surface area contributed by atoms with Crippen LogP contribution >= 0.6 is 0 Å². The summed E-state index contributed by atoms with van der Waals surface area (Å²) in [6.45, 7) is 12.9. The monoisotopic (exact) mass is 535 g/mol. The number of esters is 1. The van der Waals surface area contributed by atoms with Crippen LogP contribution in [-0.2, 0) is 40.2 Å². The van der Waals surface area contributed by atoms with E-state index in [-0.39, 0.29) is 19.3 Å². The van der Waals surface area contributed by atoms with Crippen molar-refractivity contribution >= 4 is 23.0 Å². The number of carbonyl (C=O) groups is 2. The molecular weight excluding hydrogens is 492 g/mol. The highest BCUT2D eigenvalue weighted by Crippen LogP contribution is 2.34. The van der Waals surface area contributed by atoms with E-state index in [0.717, 1.165) is 38.2 Å². The Kier molecular flexibility index (Phi) is 8.95. The molecule has 210 valence electrons. The number of quaternary nitrogens is 1. The maximum atomic E-state index is 12.7. The van der Waals surface area contributed by atoms with Gasteiger partial charge in [-0.2, -0.15) is 0 Å². The molecule has 3 aromatic rings. The van der Waals surface area contributed by atoms with Gasteiger partial charge in [-0.1, -0.05) is 31.5 Å². The number of hydrogen-bond acceptors (Lipinski definition) is 5. The molecule has 4 rings (SSSR count). The second kappa shape index (κ2) is 12.2. The number of amides is 1. The first kappa shape index (κ1) is 28.6. The molecule has 0 aliphatic carbocycles. The third kappa shape index (κ3) is 6.98. The average Bonchev–Trinajstić information content (AvgIpc) is 3.18. The topological polar surface area (TPSA) is 82.5 Å². The van der Waals surface area contributed by atoms with Gasteiger partial charge in [0.15, 0.2) is 0 Å². The van der Waals surface area contributed by atoms with Crippen molar-refractivity contribution in [3.8, 4) is 0 Å². The van der Waals surface area contributed by atoms with E-state index in [1.165, 1.54) is 33.3 Å². The molecule has 8 nitrogen and oxygen atoms in total. The number of ether oxygens (including phenoxy) is 2. The fourth-order valence-corrected chi connectivity index (χ4v) is 5.47. The smallest absolute Gasteiger partial charge is 0.412 e. The van der Waals surface area contributed by atoms with Crippen molar-refractivity contribution in [2.45, 2.75) is 73.0 Å². The molecule has 2 atom stereocenters. The summed E-state index contributed by atoms with van der Waals surface area (Å²) in [7, 11) is 2.13. The molecule has 0 bridgehead atoms. The number of fused-ring (bicyclic) bond motifs is 3. The van der Waals surface area contributed by atoms with Gasteiger partial charge < -0.3 is 19.4 Å². The molecule has 0 spiro atoms. The zero-order valence-corrected chi connectivity index (χ0v) is 24.3. The van der Waals surface area contributed by atoms with Gasteiger partial charge in [0.1, 0.15) is 12.6 Å². The quantitative estimate of drug-likeness (QED) is 0.290. The highest BCUT2D eigenvalue weighted by Gasteiger charge is 2.34. The van der Waals surface area contributed by atoms with Crippen molar-refractivity contribution in [3.63, 3.8) is 0 Å². The van der Waals surface area contributed by atoms with Crippen LogP contribution in [-0.4, -0.2) is 59.1 Å². The number of alkyl carbamates (subject to hydrolysis) is 1. The minimum absolute atomic E-state index is 0.229. The molecule has 2 unspecified atom stereocenters. The molecule has 1 amide bonds. The fraction of sp³-hybridized carbons (Fsp3) is 0.516. The summed E-state index contributed by atoms with van der Waals surface area (Å²) in [6.07, 6.45) is 3.71. The molecule has 2 aromatic heterocycles. The summed E-state index contributed by atoms with van der Waals surface area (Å²) in [5.41, 5.74) is 7.45. The lowest BCUT2D eigenvalue weighted by Crippen LogP contribution is -2.51. The van der Waals surface area contributed by atoms with Crippen molar-refractivity contribution in [3.05, 3.63) is 64.6 Å². The predicted octanol–water partition coefficient (Wildman–Crippen LogP) is 5.06. The number of likely N-dealkylation sites (N-methyl/N-ethyl adjacent to an activating group) is 1. The minimum atomic E-state index is -0.708. The van der Waals surface area contributed by atoms with E-state index in [0.29, 0.717) is 10.9 Å². The highest BCUT2D eigenvalue weighted by atomic mass is 16.6. The Morgan fingerprint density at radius 1 is 1.15 bits per heavy atom. The third-order valence-corrected chi connectivity index (χ3v) is 7.54. The van der Waals surface area contributed by atoms with Gasteiger partial charge in [0, 0.05) is 47.0 Å². The van der Waals surface area contributed by atoms with Crippen molar-refractivity contribution in [2.24, 2.45) is 5.92 Å². The van der Waals surface area contributed by atoms with Gasteiger partial charge in [-0.3, -0.25) is 9.47 Å². The molecule has 39 heavy (non-hydrogen) atoms. The molecule has 1 aliphatic heterocycles.